The van der Waals surface area contributed by atoms with Gasteiger partial charge in [0, 0.05) is 49.4 Å². The molecule has 30 heavy (non-hydrogen) atoms. The van der Waals surface area contributed by atoms with Crippen molar-refractivity contribution in [2.24, 2.45) is 0 Å². The van der Waals surface area contributed by atoms with Gasteiger partial charge in [0.1, 0.15) is 5.82 Å². The summed E-state index contributed by atoms with van der Waals surface area (Å²) in [6.07, 6.45) is 0.293. The first kappa shape index (κ1) is 21.7. The van der Waals surface area contributed by atoms with E-state index in [1.807, 2.05) is 18.3 Å². The lowest BCUT2D eigenvalue weighted by Crippen LogP contribution is -2.31. The number of fused-ring (bicyclic) bond motifs is 1. The topological polar surface area (TPSA) is 104 Å². The quantitative estimate of drug-likeness (QED) is 0.778. The number of hydrogen-bond acceptors (Lipinski definition) is 5. The molecule has 0 radical (unpaired) electrons. The van der Waals surface area contributed by atoms with Crippen molar-refractivity contribution in [2.45, 2.75) is 44.4 Å². The minimum absolute atomic E-state index is 0.345. The van der Waals surface area contributed by atoms with Crippen LogP contribution in [0.1, 0.15) is 51.8 Å². The maximum Gasteiger partial charge on any atom is 0.490 e. The molecule has 0 saturated heterocycles. The number of rotatable bonds is 4. The normalized spacial score (nSPS) is 16.2. The molecule has 2 N–H and O–H groups in total. The van der Waals surface area contributed by atoms with Gasteiger partial charge in [0.05, 0.1) is 5.56 Å². The van der Waals surface area contributed by atoms with E-state index in [0.29, 0.717) is 11.5 Å². The average Bonchev–Trinajstić information content (AvgIpc) is 3.53. The van der Waals surface area contributed by atoms with Gasteiger partial charge in [-0.2, -0.15) is 13.2 Å². The van der Waals surface area contributed by atoms with Crippen molar-refractivity contribution in [3.8, 4) is 0 Å². The average molecular weight is 423 g/mol. The highest BCUT2D eigenvalue weighted by Crippen LogP contribution is 2.38. The zero-order valence-corrected chi connectivity index (χ0v) is 15.9. The van der Waals surface area contributed by atoms with Gasteiger partial charge in [0.2, 0.25) is 0 Å². The highest BCUT2D eigenvalue weighted by Gasteiger charge is 2.38. The fourth-order valence-electron chi connectivity index (χ4n) is 3.12. The minimum Gasteiger partial charge on any atom is -0.478 e. The molecule has 4 rings (SSSR count). The van der Waals surface area contributed by atoms with E-state index in [4.69, 9.17) is 20.0 Å². The second-order valence-electron chi connectivity index (χ2n) is 7.24. The maximum absolute atomic E-state index is 11.1. The third kappa shape index (κ3) is 5.76. The molecular weight excluding hydrogens is 403 g/mol. The van der Waals surface area contributed by atoms with Crippen molar-refractivity contribution in [1.82, 2.24) is 14.9 Å². The van der Waals surface area contributed by atoms with Crippen LogP contribution in [-0.4, -0.2) is 49.7 Å². The number of aromatic nitrogens is 2. The number of alkyl halides is 3. The van der Waals surface area contributed by atoms with E-state index in [9.17, 15) is 18.0 Å². The van der Waals surface area contributed by atoms with Gasteiger partial charge in [-0.25, -0.2) is 19.6 Å². The number of aliphatic carboxylic acids is 1. The molecule has 7 nitrogen and oxygen atoms in total. The molecule has 1 saturated carbocycles. The molecule has 1 fully saturated rings. The lowest BCUT2D eigenvalue weighted by Gasteiger charge is -2.28. The van der Waals surface area contributed by atoms with Crippen LogP contribution in [0.4, 0.5) is 13.2 Å². The summed E-state index contributed by atoms with van der Waals surface area (Å²) in [6.45, 7) is 2.54. The molecule has 10 heteroatoms. The summed E-state index contributed by atoms with van der Waals surface area (Å²) in [7, 11) is 0. The number of hydrogen-bond donors (Lipinski definition) is 2. The zero-order valence-electron chi connectivity index (χ0n) is 15.9. The third-order valence-corrected chi connectivity index (χ3v) is 4.80. The number of benzene rings is 1. The second-order valence-corrected chi connectivity index (χ2v) is 7.24. The van der Waals surface area contributed by atoms with Gasteiger partial charge in [0.15, 0.2) is 0 Å². The Morgan fingerprint density at radius 2 is 1.90 bits per heavy atom. The van der Waals surface area contributed by atoms with Gasteiger partial charge in [-0.3, -0.25) is 4.90 Å². The van der Waals surface area contributed by atoms with Crippen molar-refractivity contribution < 1.29 is 33.0 Å². The molecule has 1 aromatic heterocycles. The molecule has 0 bridgehead atoms. The maximum atomic E-state index is 11.1. The molecule has 160 valence electrons. The van der Waals surface area contributed by atoms with Crippen LogP contribution >= 0.6 is 0 Å². The Bertz CT molecular complexity index is 945. The van der Waals surface area contributed by atoms with E-state index in [1.54, 1.807) is 12.1 Å². The smallest absolute Gasteiger partial charge is 0.478 e. The summed E-state index contributed by atoms with van der Waals surface area (Å²) in [4.78, 5) is 31.5. The Hall–Kier alpha value is -3.01. The molecule has 2 heterocycles. The highest BCUT2D eigenvalue weighted by atomic mass is 19.4. The van der Waals surface area contributed by atoms with Crippen molar-refractivity contribution in [3.63, 3.8) is 0 Å². The molecule has 1 aromatic carbocycles. The number of carbonyl (C=O) groups is 2. The molecule has 0 atom stereocenters. The largest absolute Gasteiger partial charge is 0.490 e. The second kappa shape index (κ2) is 8.78. The summed E-state index contributed by atoms with van der Waals surface area (Å²) in [5.74, 6) is -2.02. The highest BCUT2D eigenvalue weighted by molar-refractivity contribution is 5.87. The van der Waals surface area contributed by atoms with Crippen LogP contribution in [0.3, 0.4) is 0 Å². The summed E-state index contributed by atoms with van der Waals surface area (Å²) < 4.78 is 31.7. The zero-order chi connectivity index (χ0) is 21.9. The predicted molar refractivity (Wildman–Crippen MR) is 98.9 cm³/mol. The van der Waals surface area contributed by atoms with Gasteiger partial charge >= 0.3 is 18.1 Å². The van der Waals surface area contributed by atoms with Crippen LogP contribution in [-0.2, 0) is 24.3 Å². The van der Waals surface area contributed by atoms with Crippen LogP contribution in [0.5, 0.6) is 0 Å². The van der Waals surface area contributed by atoms with Gasteiger partial charge in [0.25, 0.3) is 0 Å². The summed E-state index contributed by atoms with van der Waals surface area (Å²) in [5, 5.41) is 16.2. The first-order valence-electron chi connectivity index (χ1n) is 9.33. The standard InChI is InChI=1S/C18H19N3O2.C2HF3O2/c22-18(23)14-3-1-2-12(8-14)10-21-7-6-16-15(11-21)9-19-17(20-16)13-4-5-13;3-2(4,5)1(6)7/h1-3,8-9,13H,4-7,10-11H2,(H,22,23);(H,6,7). The molecule has 0 unspecified atom stereocenters. The summed E-state index contributed by atoms with van der Waals surface area (Å²) in [6, 6.07) is 7.17. The SMILES string of the molecule is O=C(O)C(F)(F)F.O=C(O)c1cccc(CN2CCc3nc(C4CC4)ncc3C2)c1. The molecule has 2 aliphatic rings. The van der Waals surface area contributed by atoms with E-state index < -0.39 is 18.1 Å². The first-order chi connectivity index (χ1) is 14.1. The van der Waals surface area contributed by atoms with Crippen LogP contribution < -0.4 is 0 Å². The Morgan fingerprint density at radius 1 is 1.20 bits per heavy atom. The minimum atomic E-state index is -5.08. The Morgan fingerprint density at radius 3 is 2.50 bits per heavy atom. The summed E-state index contributed by atoms with van der Waals surface area (Å²) in [5.41, 5.74) is 3.77. The molecular formula is C20H20F3N3O4. The molecule has 2 aromatic rings. The van der Waals surface area contributed by atoms with E-state index in [1.165, 1.54) is 24.1 Å². The monoisotopic (exact) mass is 423 g/mol. The lowest BCUT2D eigenvalue weighted by atomic mass is 10.1. The van der Waals surface area contributed by atoms with Crippen molar-refractivity contribution in [2.75, 3.05) is 6.54 Å². The molecule has 0 spiro atoms. The van der Waals surface area contributed by atoms with Crippen LogP contribution in [0.25, 0.3) is 0 Å². The van der Waals surface area contributed by atoms with E-state index in [0.717, 1.165) is 37.4 Å². The predicted octanol–water partition coefficient (Wildman–Crippen LogP) is 3.24. The number of carboxylic acid groups (broad SMARTS) is 2. The fraction of sp³-hybridized carbons (Fsp3) is 0.400. The Balaban J connectivity index is 0.000000318. The van der Waals surface area contributed by atoms with Crippen molar-refractivity contribution >= 4 is 11.9 Å². The number of carboxylic acids is 2. The fourth-order valence-corrected chi connectivity index (χ4v) is 3.12. The van der Waals surface area contributed by atoms with Crippen LogP contribution in [0.15, 0.2) is 30.5 Å². The molecule has 1 aliphatic carbocycles. The number of nitrogens with zero attached hydrogens (tertiary/aromatic N) is 3. The van der Waals surface area contributed by atoms with Gasteiger partial charge in [-0.15, -0.1) is 0 Å². The van der Waals surface area contributed by atoms with E-state index in [2.05, 4.69) is 9.88 Å². The Kier molecular flexibility index (Phi) is 6.35. The van der Waals surface area contributed by atoms with Gasteiger partial charge in [-0.05, 0) is 30.5 Å². The van der Waals surface area contributed by atoms with Gasteiger partial charge < -0.3 is 10.2 Å². The van der Waals surface area contributed by atoms with Crippen LogP contribution in [0.2, 0.25) is 0 Å². The van der Waals surface area contributed by atoms with Gasteiger partial charge in [-0.1, -0.05) is 12.1 Å². The first-order valence-corrected chi connectivity index (χ1v) is 9.33. The van der Waals surface area contributed by atoms with Crippen LogP contribution in [0, 0.1) is 0 Å². The summed E-state index contributed by atoms with van der Waals surface area (Å²) >= 11 is 0. The number of halogens is 3. The van der Waals surface area contributed by atoms with E-state index in [-0.39, 0.29) is 0 Å². The molecule has 0 amide bonds. The number of aromatic carboxylic acids is 1. The van der Waals surface area contributed by atoms with E-state index >= 15 is 0 Å². The Labute approximate surface area is 170 Å². The lowest BCUT2D eigenvalue weighted by molar-refractivity contribution is -0.192. The van der Waals surface area contributed by atoms with Crippen molar-refractivity contribution in [3.05, 3.63) is 58.7 Å². The molecule has 1 aliphatic heterocycles. The van der Waals surface area contributed by atoms with Crippen molar-refractivity contribution in [1.29, 1.82) is 0 Å². The third-order valence-electron chi connectivity index (χ3n) is 4.80.